The van der Waals surface area contributed by atoms with Crippen LogP contribution in [0.2, 0.25) is 0 Å². The first-order valence-corrected chi connectivity index (χ1v) is 10.8. The third-order valence-corrected chi connectivity index (χ3v) is 6.91. The summed E-state index contributed by atoms with van der Waals surface area (Å²) in [6.45, 7) is 1.82. The lowest BCUT2D eigenvalue weighted by Crippen LogP contribution is -2.49. The number of para-hydroxylation sites is 1. The Morgan fingerprint density at radius 1 is 1.17 bits per heavy atom. The molecule has 3 aromatic rings. The molecular formula is C20H18N4O3S2. The van der Waals surface area contributed by atoms with Gasteiger partial charge in [0.1, 0.15) is 5.54 Å². The van der Waals surface area contributed by atoms with Crippen LogP contribution in [-0.2, 0) is 15.1 Å². The Hall–Kier alpha value is -2.91. The van der Waals surface area contributed by atoms with E-state index in [1.54, 1.807) is 12.1 Å². The summed E-state index contributed by atoms with van der Waals surface area (Å²) in [5, 5.41) is 3.51. The van der Waals surface area contributed by atoms with Crippen LogP contribution in [0.5, 0.6) is 0 Å². The van der Waals surface area contributed by atoms with E-state index < -0.39 is 23.4 Å². The number of carbonyl (C=O) groups is 3. The largest absolute Gasteiger partial charge is 0.344 e. The van der Waals surface area contributed by atoms with Crippen LogP contribution in [0.15, 0.2) is 58.9 Å². The van der Waals surface area contributed by atoms with Gasteiger partial charge in [-0.15, -0.1) is 11.3 Å². The second-order valence-electron chi connectivity index (χ2n) is 6.47. The summed E-state index contributed by atoms with van der Waals surface area (Å²) >= 11 is 2.76. The maximum absolute atomic E-state index is 13.0. The third kappa shape index (κ3) is 3.58. The number of hydrazine groups is 1. The van der Waals surface area contributed by atoms with Crippen LogP contribution in [0, 0.1) is 0 Å². The first kappa shape index (κ1) is 19.4. The lowest BCUT2D eigenvalue weighted by atomic mass is 9.87. The van der Waals surface area contributed by atoms with E-state index in [2.05, 4.69) is 15.7 Å². The number of urea groups is 1. The zero-order valence-electron chi connectivity index (χ0n) is 15.5. The summed E-state index contributed by atoms with van der Waals surface area (Å²) in [5.41, 5.74) is 2.82. The lowest BCUT2D eigenvalue weighted by molar-refractivity contribution is -0.138. The average Bonchev–Trinajstić information content (AvgIpc) is 3.27. The highest BCUT2D eigenvalue weighted by atomic mass is 32.2. The number of carbonyl (C=O) groups excluding carboxylic acids is 3. The van der Waals surface area contributed by atoms with Crippen LogP contribution in [0.25, 0.3) is 10.2 Å². The fourth-order valence-corrected chi connectivity index (χ4v) is 5.10. The summed E-state index contributed by atoms with van der Waals surface area (Å²) in [7, 11) is 0. The molecule has 0 radical (unpaired) electrons. The molecule has 1 aliphatic heterocycles. The lowest BCUT2D eigenvalue weighted by Gasteiger charge is -2.25. The Labute approximate surface area is 175 Å². The molecular weight excluding hydrogens is 408 g/mol. The molecule has 2 heterocycles. The number of fused-ring (bicyclic) bond motifs is 1. The monoisotopic (exact) mass is 426 g/mol. The standard InChI is InChI=1S/C20H18N4O3S2/c1-2-20(13-8-4-3-5-9-13)17(26)24(18(27)22-20)23-16(25)12-28-19-21-14-10-6-7-11-15(14)29-19/h3-11H,2,12H2,1H3,(H,22,27)(H,23,25). The minimum atomic E-state index is -1.17. The van der Waals surface area contributed by atoms with E-state index in [0.717, 1.165) is 19.6 Å². The number of thioether (sulfide) groups is 1. The predicted octanol–water partition coefficient (Wildman–Crippen LogP) is 3.28. The summed E-state index contributed by atoms with van der Waals surface area (Å²) in [6.07, 6.45) is 0.369. The maximum Gasteiger partial charge on any atom is 0.344 e. The van der Waals surface area contributed by atoms with Crippen molar-refractivity contribution in [1.82, 2.24) is 20.7 Å². The van der Waals surface area contributed by atoms with Gasteiger partial charge in [-0.2, -0.15) is 5.01 Å². The average molecular weight is 427 g/mol. The molecule has 1 atom stereocenters. The quantitative estimate of drug-likeness (QED) is 0.466. The molecule has 0 aliphatic carbocycles. The number of amides is 4. The molecule has 1 unspecified atom stereocenters. The van der Waals surface area contributed by atoms with Gasteiger partial charge in [0.25, 0.3) is 5.91 Å². The number of aromatic nitrogens is 1. The van der Waals surface area contributed by atoms with Gasteiger partial charge in [-0.3, -0.25) is 15.0 Å². The van der Waals surface area contributed by atoms with Gasteiger partial charge in [0.05, 0.1) is 16.0 Å². The number of nitrogens with one attached hydrogen (secondary N) is 2. The van der Waals surface area contributed by atoms with E-state index in [0.29, 0.717) is 12.0 Å². The number of hydrogen-bond acceptors (Lipinski definition) is 6. The van der Waals surface area contributed by atoms with Gasteiger partial charge < -0.3 is 5.32 Å². The second-order valence-corrected chi connectivity index (χ2v) is 8.72. The van der Waals surface area contributed by atoms with E-state index in [1.807, 2.05) is 49.4 Å². The second kappa shape index (κ2) is 7.84. The molecule has 4 amide bonds. The molecule has 2 aromatic carbocycles. The number of rotatable bonds is 6. The molecule has 1 aromatic heterocycles. The van der Waals surface area contributed by atoms with Crippen molar-refractivity contribution >= 4 is 51.2 Å². The van der Waals surface area contributed by atoms with Crippen molar-refractivity contribution in [2.45, 2.75) is 23.2 Å². The van der Waals surface area contributed by atoms with Gasteiger partial charge in [-0.05, 0) is 24.1 Å². The number of hydrogen-bond donors (Lipinski definition) is 2. The fourth-order valence-electron chi connectivity index (χ4n) is 3.24. The van der Waals surface area contributed by atoms with E-state index in [9.17, 15) is 14.4 Å². The van der Waals surface area contributed by atoms with E-state index in [1.165, 1.54) is 23.1 Å². The molecule has 2 N–H and O–H groups in total. The first-order valence-electron chi connectivity index (χ1n) is 9.03. The molecule has 1 fully saturated rings. The molecule has 9 heteroatoms. The summed E-state index contributed by atoms with van der Waals surface area (Å²) in [4.78, 5) is 42.3. The molecule has 0 bridgehead atoms. The van der Waals surface area contributed by atoms with Crippen molar-refractivity contribution in [3.8, 4) is 0 Å². The van der Waals surface area contributed by atoms with Crippen molar-refractivity contribution in [1.29, 1.82) is 0 Å². The molecule has 0 saturated carbocycles. The van der Waals surface area contributed by atoms with Gasteiger partial charge in [0.15, 0.2) is 4.34 Å². The minimum Gasteiger partial charge on any atom is -0.318 e. The van der Waals surface area contributed by atoms with Gasteiger partial charge in [0, 0.05) is 0 Å². The summed E-state index contributed by atoms with van der Waals surface area (Å²) < 4.78 is 1.80. The van der Waals surface area contributed by atoms with Crippen LogP contribution in [-0.4, -0.2) is 33.6 Å². The van der Waals surface area contributed by atoms with Crippen molar-refractivity contribution in [3.63, 3.8) is 0 Å². The summed E-state index contributed by atoms with van der Waals surface area (Å²) in [6, 6.07) is 16.1. The van der Waals surface area contributed by atoms with E-state index >= 15 is 0 Å². The third-order valence-electron chi connectivity index (χ3n) is 4.73. The normalized spacial score (nSPS) is 18.9. The number of nitrogens with zero attached hydrogens (tertiary/aromatic N) is 2. The van der Waals surface area contributed by atoms with Gasteiger partial charge in [0.2, 0.25) is 5.91 Å². The smallest absolute Gasteiger partial charge is 0.318 e. The molecule has 29 heavy (non-hydrogen) atoms. The predicted molar refractivity (Wildman–Crippen MR) is 112 cm³/mol. The van der Waals surface area contributed by atoms with Crippen LogP contribution < -0.4 is 10.7 Å². The molecule has 0 spiro atoms. The molecule has 1 saturated heterocycles. The Bertz CT molecular complexity index is 1050. The van der Waals surface area contributed by atoms with Gasteiger partial charge in [-0.25, -0.2) is 9.78 Å². The zero-order valence-corrected chi connectivity index (χ0v) is 17.2. The molecule has 1 aliphatic rings. The number of thiazole rings is 1. The Morgan fingerprint density at radius 2 is 1.90 bits per heavy atom. The van der Waals surface area contributed by atoms with Crippen LogP contribution in [0.4, 0.5) is 4.79 Å². The van der Waals surface area contributed by atoms with Gasteiger partial charge in [-0.1, -0.05) is 61.2 Å². The highest BCUT2D eigenvalue weighted by Crippen LogP contribution is 2.32. The first-order chi connectivity index (χ1) is 14.0. The van der Waals surface area contributed by atoms with E-state index in [-0.39, 0.29) is 5.75 Å². The highest BCUT2D eigenvalue weighted by molar-refractivity contribution is 8.01. The number of benzene rings is 2. The van der Waals surface area contributed by atoms with Crippen molar-refractivity contribution in [2.24, 2.45) is 0 Å². The Balaban J connectivity index is 1.44. The zero-order chi connectivity index (χ0) is 20.4. The minimum absolute atomic E-state index is 0.0430. The summed E-state index contributed by atoms with van der Waals surface area (Å²) in [5.74, 6) is -0.895. The van der Waals surface area contributed by atoms with Crippen molar-refractivity contribution in [3.05, 3.63) is 60.2 Å². The fraction of sp³-hybridized carbons (Fsp3) is 0.200. The van der Waals surface area contributed by atoms with Crippen molar-refractivity contribution < 1.29 is 14.4 Å². The SMILES string of the molecule is CCC1(c2ccccc2)NC(=O)N(NC(=O)CSc2nc3ccccc3s2)C1=O. The van der Waals surface area contributed by atoms with Crippen molar-refractivity contribution in [2.75, 3.05) is 5.75 Å². The maximum atomic E-state index is 13.0. The molecule has 4 rings (SSSR count). The molecule has 148 valence electrons. The van der Waals surface area contributed by atoms with E-state index in [4.69, 9.17) is 0 Å². The van der Waals surface area contributed by atoms with Crippen LogP contribution >= 0.6 is 23.1 Å². The van der Waals surface area contributed by atoms with Crippen LogP contribution in [0.3, 0.4) is 0 Å². The van der Waals surface area contributed by atoms with Crippen LogP contribution in [0.1, 0.15) is 18.9 Å². The topological polar surface area (TPSA) is 91.4 Å². The number of imide groups is 1. The highest BCUT2D eigenvalue weighted by Gasteiger charge is 2.52. The molecule has 7 nitrogen and oxygen atoms in total. The Kier molecular flexibility index (Phi) is 5.25. The van der Waals surface area contributed by atoms with Gasteiger partial charge >= 0.3 is 6.03 Å². The Morgan fingerprint density at radius 3 is 2.62 bits per heavy atom.